The van der Waals surface area contributed by atoms with Crippen molar-refractivity contribution in [3.05, 3.63) is 29.8 Å². The first-order chi connectivity index (χ1) is 11.7. The molecule has 1 aromatic carbocycles. The molecule has 1 aromatic rings. The van der Waals surface area contributed by atoms with Gasteiger partial charge in [0.25, 0.3) is 5.91 Å². The highest BCUT2D eigenvalue weighted by molar-refractivity contribution is 5.95. The first kappa shape index (κ1) is 18.3. The summed E-state index contributed by atoms with van der Waals surface area (Å²) in [5.74, 6) is 0.553. The van der Waals surface area contributed by atoms with Crippen LogP contribution in [-0.4, -0.2) is 31.4 Å². The zero-order chi connectivity index (χ0) is 17.2. The highest BCUT2D eigenvalue weighted by atomic mass is 16.2. The van der Waals surface area contributed by atoms with E-state index >= 15 is 0 Å². The van der Waals surface area contributed by atoms with Crippen molar-refractivity contribution in [2.24, 2.45) is 5.92 Å². The van der Waals surface area contributed by atoms with Gasteiger partial charge in [0, 0.05) is 24.3 Å². The number of hydrogen-bond donors (Lipinski definition) is 3. The van der Waals surface area contributed by atoms with E-state index in [1.165, 1.54) is 32.1 Å². The summed E-state index contributed by atoms with van der Waals surface area (Å²) in [5.41, 5.74) is 1.39. The van der Waals surface area contributed by atoms with Gasteiger partial charge in [0.05, 0.1) is 6.54 Å². The minimum atomic E-state index is -0.0812. The molecule has 0 atom stereocenters. The molecule has 1 saturated carbocycles. The fraction of sp³-hybridized carbons (Fsp3) is 0.579. The first-order valence-electron chi connectivity index (χ1n) is 9.08. The first-order valence-corrected chi connectivity index (χ1v) is 9.08. The highest BCUT2D eigenvalue weighted by Crippen LogP contribution is 2.22. The number of benzene rings is 1. The van der Waals surface area contributed by atoms with Crippen LogP contribution in [0.2, 0.25) is 0 Å². The van der Waals surface area contributed by atoms with Gasteiger partial charge in [-0.05, 0) is 43.4 Å². The van der Waals surface area contributed by atoms with E-state index in [-0.39, 0.29) is 18.4 Å². The molecule has 0 radical (unpaired) electrons. The lowest BCUT2D eigenvalue weighted by Gasteiger charge is -2.21. The Morgan fingerprint density at radius 3 is 2.67 bits per heavy atom. The molecule has 0 bridgehead atoms. The Morgan fingerprint density at radius 2 is 1.92 bits per heavy atom. The molecule has 0 aliphatic heterocycles. The van der Waals surface area contributed by atoms with Crippen molar-refractivity contribution in [1.82, 2.24) is 10.6 Å². The summed E-state index contributed by atoms with van der Waals surface area (Å²) >= 11 is 0. The van der Waals surface area contributed by atoms with Gasteiger partial charge in [-0.2, -0.15) is 0 Å². The Morgan fingerprint density at radius 1 is 1.12 bits per heavy atom. The predicted octanol–water partition coefficient (Wildman–Crippen LogP) is 2.93. The third kappa shape index (κ3) is 6.22. The number of anilines is 1. The van der Waals surface area contributed by atoms with Gasteiger partial charge in [-0.15, -0.1) is 0 Å². The molecule has 0 unspecified atom stereocenters. The van der Waals surface area contributed by atoms with Gasteiger partial charge in [0.15, 0.2) is 0 Å². The van der Waals surface area contributed by atoms with Gasteiger partial charge in [0.1, 0.15) is 0 Å². The summed E-state index contributed by atoms with van der Waals surface area (Å²) in [7, 11) is 0. The molecular formula is C19H29N3O2. The van der Waals surface area contributed by atoms with Crippen molar-refractivity contribution < 1.29 is 9.59 Å². The molecule has 0 heterocycles. The molecule has 2 rings (SSSR count). The molecule has 0 aromatic heterocycles. The highest BCUT2D eigenvalue weighted by Gasteiger charge is 2.14. The maximum Gasteiger partial charge on any atom is 0.251 e. The van der Waals surface area contributed by atoms with E-state index in [0.29, 0.717) is 18.0 Å². The van der Waals surface area contributed by atoms with Crippen LogP contribution in [0.5, 0.6) is 0 Å². The number of nitrogens with one attached hydrogen (secondary N) is 3. The Kier molecular flexibility index (Phi) is 7.59. The fourth-order valence-corrected chi connectivity index (χ4v) is 3.01. The molecule has 132 valence electrons. The van der Waals surface area contributed by atoms with Crippen molar-refractivity contribution in [3.63, 3.8) is 0 Å². The van der Waals surface area contributed by atoms with E-state index in [4.69, 9.17) is 0 Å². The van der Waals surface area contributed by atoms with Gasteiger partial charge < -0.3 is 16.0 Å². The van der Waals surface area contributed by atoms with Gasteiger partial charge in [-0.1, -0.05) is 32.3 Å². The Hall–Kier alpha value is -2.04. The van der Waals surface area contributed by atoms with Crippen molar-refractivity contribution in [2.75, 3.05) is 25.0 Å². The standard InChI is InChI=1S/C19H29N3O2/c1-2-11-20-19(24)16-9-6-10-17(12-16)21-14-18(23)22-13-15-7-4-3-5-8-15/h6,9-10,12,15,21H,2-5,7-8,11,13-14H2,1H3,(H,20,24)(H,22,23). The third-order valence-electron chi connectivity index (χ3n) is 4.43. The molecule has 5 nitrogen and oxygen atoms in total. The van der Waals surface area contributed by atoms with Crippen LogP contribution in [-0.2, 0) is 4.79 Å². The van der Waals surface area contributed by atoms with Gasteiger partial charge >= 0.3 is 0 Å². The fourth-order valence-electron chi connectivity index (χ4n) is 3.01. The quantitative estimate of drug-likeness (QED) is 0.686. The molecule has 1 fully saturated rings. The third-order valence-corrected chi connectivity index (χ3v) is 4.43. The van der Waals surface area contributed by atoms with Crippen LogP contribution in [0.4, 0.5) is 5.69 Å². The number of carbonyl (C=O) groups excluding carboxylic acids is 2. The largest absolute Gasteiger partial charge is 0.376 e. The van der Waals surface area contributed by atoms with E-state index in [1.54, 1.807) is 12.1 Å². The number of amides is 2. The summed E-state index contributed by atoms with van der Waals surface area (Å²) < 4.78 is 0. The van der Waals surface area contributed by atoms with Crippen LogP contribution >= 0.6 is 0 Å². The van der Waals surface area contributed by atoms with Gasteiger partial charge in [-0.25, -0.2) is 0 Å². The maximum absolute atomic E-state index is 12.0. The van der Waals surface area contributed by atoms with E-state index in [1.807, 2.05) is 19.1 Å². The SMILES string of the molecule is CCCNC(=O)c1cccc(NCC(=O)NCC2CCCCC2)c1. The topological polar surface area (TPSA) is 70.2 Å². The molecule has 1 aliphatic rings. The molecule has 5 heteroatoms. The lowest BCUT2D eigenvalue weighted by Crippen LogP contribution is -2.34. The minimum Gasteiger partial charge on any atom is -0.376 e. The number of carbonyl (C=O) groups is 2. The van der Waals surface area contributed by atoms with Crippen molar-refractivity contribution in [1.29, 1.82) is 0 Å². The lowest BCUT2D eigenvalue weighted by molar-refractivity contribution is -0.119. The van der Waals surface area contributed by atoms with Gasteiger partial charge in [-0.3, -0.25) is 9.59 Å². The van der Waals surface area contributed by atoms with Crippen molar-refractivity contribution in [2.45, 2.75) is 45.4 Å². The summed E-state index contributed by atoms with van der Waals surface area (Å²) in [6.45, 7) is 3.69. The second-order valence-electron chi connectivity index (χ2n) is 6.50. The Balaban J connectivity index is 1.74. The summed E-state index contributed by atoms with van der Waals surface area (Å²) in [6, 6.07) is 7.24. The maximum atomic E-state index is 12.0. The van der Waals surface area contributed by atoms with E-state index < -0.39 is 0 Å². The van der Waals surface area contributed by atoms with Crippen LogP contribution in [0.15, 0.2) is 24.3 Å². The summed E-state index contributed by atoms with van der Waals surface area (Å²) in [4.78, 5) is 23.9. The summed E-state index contributed by atoms with van der Waals surface area (Å²) in [5, 5.41) is 8.95. The lowest BCUT2D eigenvalue weighted by atomic mass is 9.89. The van der Waals surface area contributed by atoms with Crippen LogP contribution in [0.25, 0.3) is 0 Å². The van der Waals surface area contributed by atoms with Crippen LogP contribution < -0.4 is 16.0 Å². The Bertz CT molecular complexity index is 539. The zero-order valence-corrected chi connectivity index (χ0v) is 14.6. The van der Waals surface area contributed by atoms with Crippen LogP contribution in [0, 0.1) is 5.92 Å². The second kappa shape index (κ2) is 9.96. The van der Waals surface area contributed by atoms with Gasteiger partial charge in [0.2, 0.25) is 5.91 Å². The predicted molar refractivity (Wildman–Crippen MR) is 97.1 cm³/mol. The number of hydrogen-bond acceptors (Lipinski definition) is 3. The van der Waals surface area contributed by atoms with E-state index in [0.717, 1.165) is 18.7 Å². The number of rotatable bonds is 8. The van der Waals surface area contributed by atoms with Crippen LogP contribution in [0.3, 0.4) is 0 Å². The zero-order valence-electron chi connectivity index (χ0n) is 14.6. The van der Waals surface area contributed by atoms with E-state index in [2.05, 4.69) is 16.0 Å². The van der Waals surface area contributed by atoms with Crippen molar-refractivity contribution >= 4 is 17.5 Å². The monoisotopic (exact) mass is 331 g/mol. The van der Waals surface area contributed by atoms with Crippen LogP contribution in [0.1, 0.15) is 55.8 Å². The minimum absolute atomic E-state index is 0.00131. The molecular weight excluding hydrogens is 302 g/mol. The van der Waals surface area contributed by atoms with Crippen molar-refractivity contribution in [3.8, 4) is 0 Å². The Labute approximate surface area is 144 Å². The average molecular weight is 331 g/mol. The molecule has 24 heavy (non-hydrogen) atoms. The normalized spacial score (nSPS) is 14.9. The van der Waals surface area contributed by atoms with E-state index in [9.17, 15) is 9.59 Å². The summed E-state index contributed by atoms with van der Waals surface area (Å²) in [6.07, 6.45) is 7.25. The molecule has 0 saturated heterocycles. The molecule has 0 spiro atoms. The molecule has 1 aliphatic carbocycles. The second-order valence-corrected chi connectivity index (χ2v) is 6.50. The average Bonchev–Trinajstić information content (AvgIpc) is 2.63. The smallest absolute Gasteiger partial charge is 0.251 e. The molecule has 3 N–H and O–H groups in total. The molecule has 2 amide bonds.